The zero-order valence-corrected chi connectivity index (χ0v) is 9.31. The number of aliphatic hydroxyl groups is 1. The Morgan fingerprint density at radius 2 is 2.27 bits per heavy atom. The maximum Gasteiger partial charge on any atom is 0.232 e. The highest BCUT2D eigenvalue weighted by molar-refractivity contribution is 5.00. The Labute approximate surface area is 89.7 Å². The van der Waals surface area contributed by atoms with Crippen molar-refractivity contribution in [3.8, 4) is 0 Å². The van der Waals surface area contributed by atoms with Gasteiger partial charge in [-0.2, -0.15) is 4.98 Å². The Bertz CT molecular complexity index is 322. The first kappa shape index (κ1) is 10.6. The fourth-order valence-corrected chi connectivity index (χ4v) is 2.09. The first-order valence-electron chi connectivity index (χ1n) is 5.67. The molecule has 0 amide bonds. The van der Waals surface area contributed by atoms with E-state index in [9.17, 15) is 5.11 Å². The molecular weight excluding hydrogens is 192 g/mol. The number of aliphatic hydroxyl groups excluding tert-OH is 1. The normalized spacial score (nSPS) is 26.4. The Balaban J connectivity index is 2.06. The third kappa shape index (κ3) is 2.37. The first-order valence-corrected chi connectivity index (χ1v) is 5.67. The van der Waals surface area contributed by atoms with Gasteiger partial charge in [0, 0.05) is 6.42 Å². The topological polar surface area (TPSA) is 59.2 Å². The molecule has 0 aliphatic heterocycles. The Kier molecular flexibility index (Phi) is 3.05. The van der Waals surface area contributed by atoms with Crippen molar-refractivity contribution in [1.82, 2.24) is 10.1 Å². The maximum absolute atomic E-state index is 9.71. The summed E-state index contributed by atoms with van der Waals surface area (Å²) in [4.78, 5) is 4.35. The van der Waals surface area contributed by atoms with E-state index in [0.717, 1.165) is 31.5 Å². The van der Waals surface area contributed by atoms with E-state index in [-0.39, 0.29) is 12.0 Å². The minimum Gasteiger partial charge on any atom is -0.392 e. The third-order valence-electron chi connectivity index (χ3n) is 2.87. The lowest BCUT2D eigenvalue weighted by Gasteiger charge is -2.07. The van der Waals surface area contributed by atoms with Crippen LogP contribution in [-0.2, 0) is 6.42 Å². The quantitative estimate of drug-likeness (QED) is 0.827. The van der Waals surface area contributed by atoms with Gasteiger partial charge >= 0.3 is 0 Å². The minimum atomic E-state index is -0.294. The average Bonchev–Trinajstić information content (AvgIpc) is 2.72. The maximum atomic E-state index is 9.71. The number of rotatable bonds is 3. The van der Waals surface area contributed by atoms with Gasteiger partial charge in [0.05, 0.1) is 12.0 Å². The second-order valence-electron chi connectivity index (χ2n) is 4.75. The molecule has 0 radical (unpaired) electrons. The molecule has 84 valence electrons. The molecule has 1 aliphatic rings. The number of hydrogen-bond donors (Lipinski definition) is 1. The predicted octanol–water partition coefficient (Wildman–Crippen LogP) is 1.90. The smallest absolute Gasteiger partial charge is 0.232 e. The monoisotopic (exact) mass is 210 g/mol. The molecule has 2 unspecified atom stereocenters. The van der Waals surface area contributed by atoms with Crippen LogP contribution in [0.2, 0.25) is 0 Å². The van der Waals surface area contributed by atoms with Gasteiger partial charge in [-0.25, -0.2) is 0 Å². The molecule has 4 nitrogen and oxygen atoms in total. The lowest BCUT2D eigenvalue weighted by Crippen LogP contribution is -2.11. The van der Waals surface area contributed by atoms with Crippen LogP contribution in [0, 0.1) is 5.92 Å². The van der Waals surface area contributed by atoms with Crippen LogP contribution >= 0.6 is 0 Å². The van der Waals surface area contributed by atoms with E-state index in [1.54, 1.807) is 0 Å². The summed E-state index contributed by atoms with van der Waals surface area (Å²) < 4.78 is 5.20. The zero-order valence-electron chi connectivity index (χ0n) is 9.31. The van der Waals surface area contributed by atoms with Crippen molar-refractivity contribution >= 4 is 0 Å². The summed E-state index contributed by atoms with van der Waals surface area (Å²) in [5, 5.41) is 13.6. The summed E-state index contributed by atoms with van der Waals surface area (Å²) in [6.07, 6.45) is 3.41. The molecule has 1 fully saturated rings. The van der Waals surface area contributed by atoms with Gasteiger partial charge in [0.15, 0.2) is 5.82 Å². The SMILES string of the molecule is CC(C)Cc1noc(C2CCCC2O)n1. The van der Waals surface area contributed by atoms with Crippen LogP contribution in [0.4, 0.5) is 0 Å². The molecule has 1 aliphatic carbocycles. The molecule has 0 aromatic carbocycles. The van der Waals surface area contributed by atoms with Crippen LogP contribution in [-0.4, -0.2) is 21.4 Å². The van der Waals surface area contributed by atoms with Gasteiger partial charge in [-0.1, -0.05) is 19.0 Å². The summed E-state index contributed by atoms with van der Waals surface area (Å²) in [6, 6.07) is 0. The Morgan fingerprint density at radius 1 is 1.47 bits per heavy atom. The van der Waals surface area contributed by atoms with E-state index in [0.29, 0.717) is 11.8 Å². The average molecular weight is 210 g/mol. The highest BCUT2D eigenvalue weighted by Crippen LogP contribution is 2.33. The molecule has 1 aromatic rings. The Hall–Kier alpha value is -0.900. The van der Waals surface area contributed by atoms with E-state index < -0.39 is 0 Å². The first-order chi connectivity index (χ1) is 7.16. The molecule has 15 heavy (non-hydrogen) atoms. The number of nitrogens with zero attached hydrogens (tertiary/aromatic N) is 2. The van der Waals surface area contributed by atoms with Gasteiger partial charge < -0.3 is 9.63 Å². The molecule has 4 heteroatoms. The summed E-state index contributed by atoms with van der Waals surface area (Å²) in [6.45, 7) is 4.25. The Morgan fingerprint density at radius 3 is 2.87 bits per heavy atom. The fourth-order valence-electron chi connectivity index (χ4n) is 2.09. The summed E-state index contributed by atoms with van der Waals surface area (Å²) in [5.74, 6) is 1.98. The van der Waals surface area contributed by atoms with Gasteiger partial charge in [-0.05, 0) is 25.2 Å². The highest BCUT2D eigenvalue weighted by Gasteiger charge is 2.31. The van der Waals surface area contributed by atoms with Gasteiger partial charge in [0.2, 0.25) is 5.89 Å². The standard InChI is InChI=1S/C11H18N2O2/c1-7(2)6-10-12-11(15-13-10)8-4-3-5-9(8)14/h7-9,14H,3-6H2,1-2H3. The third-order valence-corrected chi connectivity index (χ3v) is 2.87. The van der Waals surface area contributed by atoms with Crippen LogP contribution in [0.25, 0.3) is 0 Å². The van der Waals surface area contributed by atoms with Crippen LogP contribution in [0.5, 0.6) is 0 Å². The van der Waals surface area contributed by atoms with Gasteiger partial charge in [-0.3, -0.25) is 0 Å². The molecule has 1 N–H and O–H groups in total. The zero-order chi connectivity index (χ0) is 10.8. The van der Waals surface area contributed by atoms with Crippen molar-refractivity contribution in [1.29, 1.82) is 0 Å². The van der Waals surface area contributed by atoms with E-state index in [1.165, 1.54) is 0 Å². The summed E-state index contributed by atoms with van der Waals surface area (Å²) in [7, 11) is 0. The second-order valence-corrected chi connectivity index (χ2v) is 4.75. The predicted molar refractivity (Wildman–Crippen MR) is 55.4 cm³/mol. The molecule has 0 bridgehead atoms. The fraction of sp³-hybridized carbons (Fsp3) is 0.818. The second kappa shape index (κ2) is 4.31. The molecule has 2 rings (SSSR count). The van der Waals surface area contributed by atoms with Crippen molar-refractivity contribution in [2.24, 2.45) is 5.92 Å². The van der Waals surface area contributed by atoms with Crippen LogP contribution in [0.1, 0.15) is 50.7 Å². The molecule has 1 saturated carbocycles. The van der Waals surface area contributed by atoms with Crippen LogP contribution in [0.3, 0.4) is 0 Å². The van der Waals surface area contributed by atoms with Crippen LogP contribution < -0.4 is 0 Å². The van der Waals surface area contributed by atoms with Crippen molar-refractivity contribution in [3.05, 3.63) is 11.7 Å². The van der Waals surface area contributed by atoms with E-state index in [4.69, 9.17) is 4.52 Å². The molecule has 1 aromatic heterocycles. The van der Waals surface area contributed by atoms with Crippen LogP contribution in [0.15, 0.2) is 4.52 Å². The van der Waals surface area contributed by atoms with Gasteiger partial charge in [-0.15, -0.1) is 0 Å². The molecule has 2 atom stereocenters. The lowest BCUT2D eigenvalue weighted by atomic mass is 10.1. The number of aromatic nitrogens is 2. The molecule has 0 spiro atoms. The summed E-state index contributed by atoms with van der Waals surface area (Å²) >= 11 is 0. The molecular formula is C11H18N2O2. The number of hydrogen-bond acceptors (Lipinski definition) is 4. The van der Waals surface area contributed by atoms with Crippen molar-refractivity contribution in [2.75, 3.05) is 0 Å². The van der Waals surface area contributed by atoms with E-state index in [1.807, 2.05) is 0 Å². The largest absolute Gasteiger partial charge is 0.392 e. The molecule has 0 saturated heterocycles. The molecule has 1 heterocycles. The van der Waals surface area contributed by atoms with Gasteiger partial charge in [0.1, 0.15) is 0 Å². The minimum absolute atomic E-state index is 0.0680. The van der Waals surface area contributed by atoms with Crippen molar-refractivity contribution in [3.63, 3.8) is 0 Å². The highest BCUT2D eigenvalue weighted by atomic mass is 16.5. The summed E-state index contributed by atoms with van der Waals surface area (Å²) in [5.41, 5.74) is 0. The van der Waals surface area contributed by atoms with Gasteiger partial charge in [0.25, 0.3) is 0 Å². The van der Waals surface area contributed by atoms with Crippen molar-refractivity contribution in [2.45, 2.75) is 51.6 Å². The lowest BCUT2D eigenvalue weighted by molar-refractivity contribution is 0.148. The van der Waals surface area contributed by atoms with E-state index in [2.05, 4.69) is 24.0 Å². The van der Waals surface area contributed by atoms with Crippen molar-refractivity contribution < 1.29 is 9.63 Å². The van der Waals surface area contributed by atoms with E-state index >= 15 is 0 Å².